The standard InChI is InChI=1S/C15H22O2/c1-12(2)17-14-9-5-4-8-13(14)15(16)10-6-3-7-11-15/h4-5,8-9,12,16H,3,6-7,10-11H2,1-2H3. The van der Waals surface area contributed by atoms with Gasteiger partial charge in [-0.1, -0.05) is 37.5 Å². The van der Waals surface area contributed by atoms with Crippen molar-refractivity contribution in [2.75, 3.05) is 0 Å². The molecule has 0 amide bonds. The molecule has 0 heterocycles. The summed E-state index contributed by atoms with van der Waals surface area (Å²) in [6.07, 6.45) is 5.29. The van der Waals surface area contributed by atoms with Crippen LogP contribution >= 0.6 is 0 Å². The molecule has 0 saturated heterocycles. The molecule has 1 fully saturated rings. The molecule has 0 bridgehead atoms. The molecule has 0 aromatic heterocycles. The Kier molecular flexibility index (Phi) is 3.72. The molecule has 94 valence electrons. The van der Waals surface area contributed by atoms with Gasteiger partial charge >= 0.3 is 0 Å². The average Bonchev–Trinajstić information content (AvgIpc) is 2.30. The molecule has 2 nitrogen and oxygen atoms in total. The number of aliphatic hydroxyl groups is 1. The smallest absolute Gasteiger partial charge is 0.125 e. The van der Waals surface area contributed by atoms with Gasteiger partial charge in [-0.05, 0) is 32.8 Å². The summed E-state index contributed by atoms with van der Waals surface area (Å²) in [5.74, 6) is 0.840. The van der Waals surface area contributed by atoms with Gasteiger partial charge in [0, 0.05) is 5.56 Å². The molecule has 0 radical (unpaired) electrons. The number of para-hydroxylation sites is 1. The van der Waals surface area contributed by atoms with E-state index in [1.165, 1.54) is 6.42 Å². The largest absolute Gasteiger partial charge is 0.491 e. The van der Waals surface area contributed by atoms with Gasteiger partial charge in [-0.3, -0.25) is 0 Å². The van der Waals surface area contributed by atoms with E-state index < -0.39 is 5.60 Å². The lowest BCUT2D eigenvalue weighted by atomic mass is 9.79. The van der Waals surface area contributed by atoms with E-state index in [4.69, 9.17) is 4.74 Å². The van der Waals surface area contributed by atoms with Crippen molar-refractivity contribution in [1.82, 2.24) is 0 Å². The number of ether oxygens (including phenoxy) is 1. The molecule has 2 heteroatoms. The second-order valence-corrected chi connectivity index (χ2v) is 5.26. The Morgan fingerprint density at radius 1 is 1.12 bits per heavy atom. The van der Waals surface area contributed by atoms with Crippen LogP contribution in [-0.4, -0.2) is 11.2 Å². The van der Waals surface area contributed by atoms with Crippen molar-refractivity contribution in [3.05, 3.63) is 29.8 Å². The van der Waals surface area contributed by atoms with Gasteiger partial charge in [0.15, 0.2) is 0 Å². The highest BCUT2D eigenvalue weighted by Crippen LogP contribution is 2.41. The van der Waals surface area contributed by atoms with Crippen LogP contribution in [0.1, 0.15) is 51.5 Å². The number of benzene rings is 1. The SMILES string of the molecule is CC(C)Oc1ccccc1C1(O)CCCCC1. The van der Waals surface area contributed by atoms with Crippen LogP contribution in [-0.2, 0) is 5.60 Å². The Hall–Kier alpha value is -1.02. The molecular weight excluding hydrogens is 212 g/mol. The molecule has 1 aliphatic rings. The van der Waals surface area contributed by atoms with Crippen LogP contribution in [0.2, 0.25) is 0 Å². The molecule has 17 heavy (non-hydrogen) atoms. The molecule has 1 N–H and O–H groups in total. The summed E-state index contributed by atoms with van der Waals surface area (Å²) in [5, 5.41) is 10.8. The molecule has 1 aliphatic carbocycles. The van der Waals surface area contributed by atoms with Crippen molar-refractivity contribution in [1.29, 1.82) is 0 Å². The first-order valence-corrected chi connectivity index (χ1v) is 6.60. The van der Waals surface area contributed by atoms with Gasteiger partial charge < -0.3 is 9.84 Å². The minimum atomic E-state index is -0.677. The summed E-state index contributed by atoms with van der Waals surface area (Å²) < 4.78 is 5.80. The van der Waals surface area contributed by atoms with Gasteiger partial charge in [0.1, 0.15) is 5.75 Å². The lowest BCUT2D eigenvalue weighted by Gasteiger charge is -2.34. The maximum Gasteiger partial charge on any atom is 0.125 e. The second-order valence-electron chi connectivity index (χ2n) is 5.26. The van der Waals surface area contributed by atoms with Gasteiger partial charge in [0.25, 0.3) is 0 Å². The Bertz CT molecular complexity index is 365. The highest BCUT2D eigenvalue weighted by atomic mass is 16.5. The summed E-state index contributed by atoms with van der Waals surface area (Å²) >= 11 is 0. The Morgan fingerprint density at radius 3 is 2.41 bits per heavy atom. The van der Waals surface area contributed by atoms with Crippen LogP contribution in [0.15, 0.2) is 24.3 Å². The van der Waals surface area contributed by atoms with E-state index in [9.17, 15) is 5.11 Å². The van der Waals surface area contributed by atoms with Crippen LogP contribution in [0.25, 0.3) is 0 Å². The van der Waals surface area contributed by atoms with Gasteiger partial charge in [0.05, 0.1) is 11.7 Å². The minimum absolute atomic E-state index is 0.142. The quantitative estimate of drug-likeness (QED) is 0.865. The lowest BCUT2D eigenvalue weighted by molar-refractivity contribution is -0.00367. The average molecular weight is 234 g/mol. The summed E-state index contributed by atoms with van der Waals surface area (Å²) in [4.78, 5) is 0. The maximum absolute atomic E-state index is 10.8. The van der Waals surface area contributed by atoms with Gasteiger partial charge in [-0.25, -0.2) is 0 Å². The topological polar surface area (TPSA) is 29.5 Å². The van der Waals surface area contributed by atoms with Crippen LogP contribution in [0.3, 0.4) is 0 Å². The number of rotatable bonds is 3. The second kappa shape index (κ2) is 5.09. The van der Waals surface area contributed by atoms with E-state index in [0.717, 1.165) is 37.0 Å². The van der Waals surface area contributed by atoms with Crippen LogP contribution in [0.5, 0.6) is 5.75 Å². The van der Waals surface area contributed by atoms with Gasteiger partial charge in [-0.15, -0.1) is 0 Å². The van der Waals surface area contributed by atoms with Crippen molar-refractivity contribution >= 4 is 0 Å². The first-order chi connectivity index (χ1) is 8.12. The van der Waals surface area contributed by atoms with Crippen LogP contribution in [0.4, 0.5) is 0 Å². The van der Waals surface area contributed by atoms with Crippen molar-refractivity contribution < 1.29 is 9.84 Å². The molecule has 0 aliphatic heterocycles. The minimum Gasteiger partial charge on any atom is -0.491 e. The zero-order valence-corrected chi connectivity index (χ0v) is 10.8. The fourth-order valence-electron chi connectivity index (χ4n) is 2.61. The molecule has 1 aromatic carbocycles. The van der Waals surface area contributed by atoms with Crippen molar-refractivity contribution in [3.8, 4) is 5.75 Å². The summed E-state index contributed by atoms with van der Waals surface area (Å²) in [6.45, 7) is 4.03. The fourth-order valence-corrected chi connectivity index (χ4v) is 2.61. The molecule has 1 saturated carbocycles. The van der Waals surface area contributed by atoms with E-state index in [2.05, 4.69) is 0 Å². The summed E-state index contributed by atoms with van der Waals surface area (Å²) in [5.41, 5.74) is 0.289. The predicted octanol–water partition coefficient (Wildman–Crippen LogP) is 3.63. The Balaban J connectivity index is 2.29. The zero-order chi connectivity index (χ0) is 12.3. The van der Waals surface area contributed by atoms with Gasteiger partial charge in [-0.2, -0.15) is 0 Å². The first kappa shape index (κ1) is 12.4. The molecule has 1 aromatic rings. The zero-order valence-electron chi connectivity index (χ0n) is 10.8. The highest BCUT2D eigenvalue weighted by molar-refractivity contribution is 5.38. The third-order valence-corrected chi connectivity index (χ3v) is 3.43. The predicted molar refractivity (Wildman–Crippen MR) is 69.2 cm³/mol. The summed E-state index contributed by atoms with van der Waals surface area (Å²) in [6, 6.07) is 7.91. The number of hydrogen-bond donors (Lipinski definition) is 1. The van der Waals surface area contributed by atoms with E-state index in [0.29, 0.717) is 0 Å². The molecule has 0 spiro atoms. The third kappa shape index (κ3) is 2.81. The molecular formula is C15H22O2. The molecule has 2 rings (SSSR count). The van der Waals surface area contributed by atoms with Crippen LogP contribution < -0.4 is 4.74 Å². The maximum atomic E-state index is 10.8. The third-order valence-electron chi connectivity index (χ3n) is 3.43. The fraction of sp³-hybridized carbons (Fsp3) is 0.600. The van der Waals surface area contributed by atoms with E-state index in [1.54, 1.807) is 0 Å². The Morgan fingerprint density at radius 2 is 1.76 bits per heavy atom. The molecule has 0 atom stereocenters. The van der Waals surface area contributed by atoms with E-state index >= 15 is 0 Å². The molecule has 0 unspecified atom stereocenters. The van der Waals surface area contributed by atoms with E-state index in [-0.39, 0.29) is 6.10 Å². The van der Waals surface area contributed by atoms with E-state index in [1.807, 2.05) is 38.1 Å². The Labute approximate surface area is 104 Å². The summed E-state index contributed by atoms with van der Waals surface area (Å²) in [7, 11) is 0. The highest BCUT2D eigenvalue weighted by Gasteiger charge is 2.33. The van der Waals surface area contributed by atoms with Crippen molar-refractivity contribution in [2.45, 2.75) is 57.7 Å². The van der Waals surface area contributed by atoms with Gasteiger partial charge in [0.2, 0.25) is 0 Å². The number of hydrogen-bond acceptors (Lipinski definition) is 2. The first-order valence-electron chi connectivity index (χ1n) is 6.60. The van der Waals surface area contributed by atoms with Crippen molar-refractivity contribution in [3.63, 3.8) is 0 Å². The lowest BCUT2D eigenvalue weighted by Crippen LogP contribution is -2.29. The van der Waals surface area contributed by atoms with Crippen LogP contribution in [0, 0.1) is 0 Å². The van der Waals surface area contributed by atoms with Crippen molar-refractivity contribution in [2.24, 2.45) is 0 Å². The monoisotopic (exact) mass is 234 g/mol. The normalized spacial score (nSPS) is 19.3.